The molecular formula is C21H18ClF3N4O4S. The third kappa shape index (κ3) is 5.24. The van der Waals surface area contributed by atoms with Crippen molar-refractivity contribution in [3.8, 4) is 11.5 Å². The second-order valence-electron chi connectivity index (χ2n) is 7.61. The van der Waals surface area contributed by atoms with Gasteiger partial charge >= 0.3 is 12.2 Å². The molecule has 2 heterocycles. The number of alkyl halides is 3. The van der Waals surface area contributed by atoms with Crippen molar-refractivity contribution in [3.05, 3.63) is 59.1 Å². The number of hydrogen-bond donors (Lipinski definition) is 1. The molecule has 34 heavy (non-hydrogen) atoms. The van der Waals surface area contributed by atoms with E-state index in [1.165, 1.54) is 40.7 Å². The van der Waals surface area contributed by atoms with Gasteiger partial charge in [-0.25, -0.2) is 8.42 Å². The molecule has 1 aromatic heterocycles. The molecule has 8 nitrogen and oxygen atoms in total. The first-order chi connectivity index (χ1) is 16.0. The first kappa shape index (κ1) is 24.2. The number of carbonyl (C=O) groups excluding carboxylic acids is 1. The Morgan fingerprint density at radius 2 is 1.65 bits per heavy atom. The van der Waals surface area contributed by atoms with Gasteiger partial charge in [0, 0.05) is 29.6 Å². The second kappa shape index (κ2) is 9.35. The van der Waals surface area contributed by atoms with Crippen LogP contribution in [-0.2, 0) is 21.0 Å². The number of rotatable bonds is 5. The van der Waals surface area contributed by atoms with Crippen molar-refractivity contribution in [2.24, 2.45) is 5.92 Å². The number of sulfonamides is 1. The van der Waals surface area contributed by atoms with Gasteiger partial charge in [-0.2, -0.15) is 17.5 Å². The molecule has 1 aliphatic rings. The molecule has 3 aromatic rings. The molecular weight excluding hydrogens is 497 g/mol. The number of piperidine rings is 1. The lowest BCUT2D eigenvalue weighted by atomic mass is 9.97. The van der Waals surface area contributed by atoms with Gasteiger partial charge in [-0.05, 0) is 61.4 Å². The van der Waals surface area contributed by atoms with Gasteiger partial charge in [0.25, 0.3) is 0 Å². The highest BCUT2D eigenvalue weighted by Gasteiger charge is 2.33. The molecule has 0 atom stereocenters. The summed E-state index contributed by atoms with van der Waals surface area (Å²) in [5.41, 5.74) is -0.546. The predicted molar refractivity (Wildman–Crippen MR) is 116 cm³/mol. The van der Waals surface area contributed by atoms with E-state index in [1.807, 2.05) is 0 Å². The lowest BCUT2D eigenvalue weighted by Crippen LogP contribution is -2.41. The quantitative estimate of drug-likeness (QED) is 0.539. The summed E-state index contributed by atoms with van der Waals surface area (Å²) in [5, 5.41) is 10.4. The van der Waals surface area contributed by atoms with E-state index in [2.05, 4.69) is 15.5 Å². The van der Waals surface area contributed by atoms with E-state index in [9.17, 15) is 26.4 Å². The number of hydrogen-bond acceptors (Lipinski definition) is 6. The average molecular weight is 515 g/mol. The van der Waals surface area contributed by atoms with Crippen LogP contribution in [0.4, 0.5) is 19.2 Å². The predicted octanol–water partition coefficient (Wildman–Crippen LogP) is 4.45. The molecule has 180 valence electrons. The van der Waals surface area contributed by atoms with E-state index < -0.39 is 33.6 Å². The number of nitrogens with one attached hydrogen (secondary N) is 1. The summed E-state index contributed by atoms with van der Waals surface area (Å²) in [5.74, 6) is -0.933. The van der Waals surface area contributed by atoms with Crippen LogP contribution in [0.25, 0.3) is 11.5 Å². The van der Waals surface area contributed by atoms with Gasteiger partial charge in [0.2, 0.25) is 21.8 Å². The zero-order valence-corrected chi connectivity index (χ0v) is 19.0. The zero-order valence-electron chi connectivity index (χ0n) is 17.4. The summed E-state index contributed by atoms with van der Waals surface area (Å²) in [7, 11) is -3.69. The smallest absolute Gasteiger partial charge is 0.403 e. The Hall–Kier alpha value is -2.96. The molecule has 13 heteroatoms. The van der Waals surface area contributed by atoms with Crippen molar-refractivity contribution in [3.63, 3.8) is 0 Å². The van der Waals surface area contributed by atoms with Crippen molar-refractivity contribution < 1.29 is 30.8 Å². The Bertz CT molecular complexity index is 1270. The van der Waals surface area contributed by atoms with Gasteiger partial charge in [0.15, 0.2) is 0 Å². The molecule has 0 aliphatic carbocycles. The number of carbonyl (C=O) groups is 1. The normalized spacial score (nSPS) is 15.9. The van der Waals surface area contributed by atoms with Gasteiger partial charge in [0.1, 0.15) is 0 Å². The molecule has 1 aliphatic heterocycles. The van der Waals surface area contributed by atoms with Crippen LogP contribution >= 0.6 is 11.6 Å². The van der Waals surface area contributed by atoms with Crippen LogP contribution in [-0.4, -0.2) is 41.9 Å². The maximum Gasteiger partial charge on any atom is 0.416 e. The zero-order chi connectivity index (χ0) is 24.5. The summed E-state index contributed by atoms with van der Waals surface area (Å²) in [6.07, 6.45) is -3.88. The maximum absolute atomic E-state index is 12.8. The molecule has 0 saturated carbocycles. The highest BCUT2D eigenvalue weighted by Crippen LogP contribution is 2.31. The fourth-order valence-electron chi connectivity index (χ4n) is 3.51. The van der Waals surface area contributed by atoms with Crippen LogP contribution in [0.15, 0.2) is 57.8 Å². The number of anilines is 1. The highest BCUT2D eigenvalue weighted by molar-refractivity contribution is 7.89. The number of amides is 1. The molecule has 0 radical (unpaired) electrons. The number of benzene rings is 2. The number of nitrogens with zero attached hydrogens (tertiary/aromatic N) is 3. The van der Waals surface area contributed by atoms with Crippen molar-refractivity contribution >= 4 is 33.5 Å². The molecule has 1 saturated heterocycles. The van der Waals surface area contributed by atoms with E-state index in [0.717, 1.165) is 12.1 Å². The first-order valence-corrected chi connectivity index (χ1v) is 11.9. The Morgan fingerprint density at radius 3 is 2.24 bits per heavy atom. The third-order valence-electron chi connectivity index (χ3n) is 5.39. The summed E-state index contributed by atoms with van der Waals surface area (Å²) in [6, 6.07) is 9.83. The minimum atomic E-state index is -4.46. The van der Waals surface area contributed by atoms with E-state index in [1.54, 1.807) is 0 Å². The Morgan fingerprint density at radius 1 is 1.03 bits per heavy atom. The van der Waals surface area contributed by atoms with E-state index in [-0.39, 0.29) is 35.5 Å². The topological polar surface area (TPSA) is 105 Å². The fourth-order valence-corrected chi connectivity index (χ4v) is 5.11. The van der Waals surface area contributed by atoms with Crippen LogP contribution in [0.1, 0.15) is 18.4 Å². The van der Waals surface area contributed by atoms with E-state index in [0.29, 0.717) is 17.9 Å². The van der Waals surface area contributed by atoms with Crippen LogP contribution in [0.5, 0.6) is 0 Å². The average Bonchev–Trinajstić information content (AvgIpc) is 3.27. The van der Waals surface area contributed by atoms with Crippen LogP contribution in [0, 0.1) is 5.92 Å². The minimum Gasteiger partial charge on any atom is -0.403 e. The monoisotopic (exact) mass is 514 g/mol. The van der Waals surface area contributed by atoms with Crippen molar-refractivity contribution in [2.75, 3.05) is 18.4 Å². The molecule has 0 spiro atoms. The summed E-state index contributed by atoms with van der Waals surface area (Å²) < 4.78 is 70.3. The SMILES string of the molecule is O=C(Nc1nnc(-c2ccc(C(F)(F)F)cc2)o1)C1CCN(S(=O)(=O)c2ccc(Cl)cc2)CC1. The summed E-state index contributed by atoms with van der Waals surface area (Å²) >= 11 is 5.82. The largest absolute Gasteiger partial charge is 0.416 e. The van der Waals surface area contributed by atoms with Gasteiger partial charge in [-0.15, -0.1) is 5.10 Å². The number of halogens is 4. The molecule has 4 rings (SSSR count). The lowest BCUT2D eigenvalue weighted by Gasteiger charge is -2.30. The van der Waals surface area contributed by atoms with Crippen LogP contribution in [0.2, 0.25) is 5.02 Å². The standard InChI is InChI=1S/C21H18ClF3N4O4S/c22-16-5-7-17(8-6-16)34(31,32)29-11-9-13(10-12-29)18(30)26-20-28-27-19(33-20)14-1-3-15(4-2-14)21(23,24)25/h1-8,13H,9-12H2,(H,26,28,30). The van der Waals surface area contributed by atoms with E-state index in [4.69, 9.17) is 16.0 Å². The molecule has 0 unspecified atom stereocenters. The van der Waals surface area contributed by atoms with Gasteiger partial charge in [-0.3, -0.25) is 10.1 Å². The van der Waals surface area contributed by atoms with Gasteiger partial charge in [-0.1, -0.05) is 16.7 Å². The fraction of sp³-hybridized carbons (Fsp3) is 0.286. The molecule has 1 fully saturated rings. The summed E-state index contributed by atoms with van der Waals surface area (Å²) in [6.45, 7) is 0.313. The molecule has 1 amide bonds. The number of aromatic nitrogens is 2. The van der Waals surface area contributed by atoms with Crippen molar-refractivity contribution in [1.29, 1.82) is 0 Å². The van der Waals surface area contributed by atoms with Gasteiger partial charge in [0.05, 0.1) is 10.5 Å². The molecule has 1 N–H and O–H groups in total. The van der Waals surface area contributed by atoms with Crippen LogP contribution < -0.4 is 5.32 Å². The Labute approximate surface area is 197 Å². The van der Waals surface area contributed by atoms with Crippen LogP contribution in [0.3, 0.4) is 0 Å². The highest BCUT2D eigenvalue weighted by atomic mass is 35.5. The Balaban J connectivity index is 1.35. The van der Waals surface area contributed by atoms with Gasteiger partial charge < -0.3 is 4.42 Å². The molecule has 2 aromatic carbocycles. The Kier molecular flexibility index (Phi) is 6.65. The van der Waals surface area contributed by atoms with Crippen molar-refractivity contribution in [2.45, 2.75) is 23.9 Å². The van der Waals surface area contributed by atoms with E-state index >= 15 is 0 Å². The second-order valence-corrected chi connectivity index (χ2v) is 9.98. The summed E-state index contributed by atoms with van der Waals surface area (Å²) in [4.78, 5) is 12.7. The minimum absolute atomic E-state index is 0.0482. The first-order valence-electron chi connectivity index (χ1n) is 10.1. The molecule has 0 bridgehead atoms. The van der Waals surface area contributed by atoms with Crippen molar-refractivity contribution in [1.82, 2.24) is 14.5 Å². The maximum atomic E-state index is 12.8. The third-order valence-corrected chi connectivity index (χ3v) is 7.56. The lowest BCUT2D eigenvalue weighted by molar-refractivity contribution is -0.137.